The first kappa shape index (κ1) is 9.23. The highest BCUT2D eigenvalue weighted by Gasteiger charge is 2.04. The Morgan fingerprint density at radius 3 is 2.82 bits per heavy atom. The molecular formula is C8H11BrOS. The van der Waals surface area contributed by atoms with Crippen molar-refractivity contribution in [3.8, 4) is 0 Å². The van der Waals surface area contributed by atoms with Crippen LogP contribution < -0.4 is 0 Å². The summed E-state index contributed by atoms with van der Waals surface area (Å²) in [6.45, 7) is 1.99. The highest BCUT2D eigenvalue weighted by Crippen LogP contribution is 2.23. The van der Waals surface area contributed by atoms with Crippen LogP contribution in [0.2, 0.25) is 0 Å². The summed E-state index contributed by atoms with van der Waals surface area (Å²) in [6.07, 6.45) is 1.43. The lowest BCUT2D eigenvalue weighted by molar-refractivity contribution is 0.171. The van der Waals surface area contributed by atoms with Crippen LogP contribution in [0.1, 0.15) is 18.2 Å². The summed E-state index contributed by atoms with van der Waals surface area (Å²) in [5, 5.41) is 9.31. The second-order valence-electron chi connectivity index (χ2n) is 2.47. The Labute approximate surface area is 79.2 Å². The van der Waals surface area contributed by atoms with Gasteiger partial charge in [-0.15, -0.1) is 11.3 Å². The Bertz CT molecular complexity index is 222. The number of rotatable bonds is 3. The van der Waals surface area contributed by atoms with Gasteiger partial charge in [0.25, 0.3) is 0 Å². The van der Waals surface area contributed by atoms with Gasteiger partial charge in [-0.1, -0.05) is 6.92 Å². The minimum Gasteiger partial charge on any atom is -0.393 e. The fraction of sp³-hybridized carbons (Fsp3) is 0.500. The van der Waals surface area contributed by atoms with Crippen LogP contribution in [0.25, 0.3) is 0 Å². The van der Waals surface area contributed by atoms with Crippen LogP contribution in [0.4, 0.5) is 0 Å². The Balaban J connectivity index is 2.50. The molecule has 0 saturated heterocycles. The fourth-order valence-electron chi connectivity index (χ4n) is 0.838. The SMILES string of the molecule is CCC(O)Cc1ccc(Br)s1. The van der Waals surface area contributed by atoms with Crippen molar-refractivity contribution in [1.82, 2.24) is 0 Å². The summed E-state index contributed by atoms with van der Waals surface area (Å²) in [7, 11) is 0. The van der Waals surface area contributed by atoms with Crippen molar-refractivity contribution in [2.75, 3.05) is 0 Å². The Morgan fingerprint density at radius 2 is 2.36 bits per heavy atom. The third-order valence-corrected chi connectivity index (χ3v) is 3.18. The zero-order chi connectivity index (χ0) is 8.27. The van der Waals surface area contributed by atoms with Crippen LogP contribution in [-0.2, 0) is 6.42 Å². The van der Waals surface area contributed by atoms with E-state index < -0.39 is 0 Å². The van der Waals surface area contributed by atoms with Gasteiger partial charge in [0.1, 0.15) is 0 Å². The van der Waals surface area contributed by atoms with E-state index in [0.29, 0.717) is 0 Å². The lowest BCUT2D eigenvalue weighted by Crippen LogP contribution is -2.06. The zero-order valence-corrected chi connectivity index (χ0v) is 8.78. The van der Waals surface area contributed by atoms with E-state index in [1.807, 2.05) is 19.1 Å². The van der Waals surface area contributed by atoms with E-state index in [9.17, 15) is 5.11 Å². The molecule has 0 radical (unpaired) electrons. The molecule has 1 heterocycles. The summed E-state index contributed by atoms with van der Waals surface area (Å²) in [5.74, 6) is 0. The minimum absolute atomic E-state index is 0.180. The van der Waals surface area contributed by atoms with Crippen LogP contribution in [-0.4, -0.2) is 11.2 Å². The topological polar surface area (TPSA) is 20.2 Å². The molecule has 0 aliphatic carbocycles. The quantitative estimate of drug-likeness (QED) is 0.854. The molecule has 1 atom stereocenters. The number of hydrogen-bond donors (Lipinski definition) is 1. The second kappa shape index (κ2) is 4.24. The number of thiophene rings is 1. The fourth-order valence-corrected chi connectivity index (χ4v) is 2.39. The van der Waals surface area contributed by atoms with E-state index in [1.165, 1.54) is 4.88 Å². The molecule has 1 N–H and O–H groups in total. The molecule has 0 aliphatic heterocycles. The van der Waals surface area contributed by atoms with E-state index in [0.717, 1.165) is 16.6 Å². The molecule has 1 aromatic heterocycles. The molecule has 1 nitrogen and oxygen atoms in total. The molecule has 0 aliphatic rings. The highest BCUT2D eigenvalue weighted by atomic mass is 79.9. The largest absolute Gasteiger partial charge is 0.393 e. The smallest absolute Gasteiger partial charge is 0.0701 e. The molecule has 0 amide bonds. The van der Waals surface area contributed by atoms with Gasteiger partial charge < -0.3 is 5.11 Å². The van der Waals surface area contributed by atoms with Crippen LogP contribution in [0.5, 0.6) is 0 Å². The highest BCUT2D eigenvalue weighted by molar-refractivity contribution is 9.11. The van der Waals surface area contributed by atoms with Gasteiger partial charge in [0, 0.05) is 11.3 Å². The Kier molecular flexibility index (Phi) is 3.55. The summed E-state index contributed by atoms with van der Waals surface area (Å²) in [4.78, 5) is 1.24. The van der Waals surface area contributed by atoms with Gasteiger partial charge in [-0.2, -0.15) is 0 Å². The predicted molar refractivity (Wildman–Crippen MR) is 52.0 cm³/mol. The van der Waals surface area contributed by atoms with E-state index in [1.54, 1.807) is 11.3 Å². The minimum atomic E-state index is -0.180. The third-order valence-electron chi connectivity index (χ3n) is 1.54. The summed E-state index contributed by atoms with van der Waals surface area (Å²) in [6, 6.07) is 4.07. The predicted octanol–water partition coefficient (Wildman–Crippen LogP) is 2.82. The van der Waals surface area contributed by atoms with E-state index in [4.69, 9.17) is 0 Å². The number of hydrogen-bond acceptors (Lipinski definition) is 2. The maximum Gasteiger partial charge on any atom is 0.0701 e. The Hall–Kier alpha value is 0.140. The van der Waals surface area contributed by atoms with Crippen molar-refractivity contribution in [3.63, 3.8) is 0 Å². The van der Waals surface area contributed by atoms with Crippen molar-refractivity contribution < 1.29 is 5.11 Å². The van der Waals surface area contributed by atoms with Gasteiger partial charge in [0.05, 0.1) is 9.89 Å². The van der Waals surface area contributed by atoms with Crippen molar-refractivity contribution in [1.29, 1.82) is 0 Å². The molecule has 1 rings (SSSR count). The first-order valence-corrected chi connectivity index (χ1v) is 5.25. The van der Waals surface area contributed by atoms with Gasteiger partial charge in [-0.3, -0.25) is 0 Å². The maximum absolute atomic E-state index is 9.31. The van der Waals surface area contributed by atoms with Gasteiger partial charge in [0.15, 0.2) is 0 Å². The van der Waals surface area contributed by atoms with Gasteiger partial charge in [0.2, 0.25) is 0 Å². The lowest BCUT2D eigenvalue weighted by Gasteiger charge is -2.03. The van der Waals surface area contributed by atoms with Crippen LogP contribution >= 0.6 is 27.3 Å². The average molecular weight is 235 g/mol. The van der Waals surface area contributed by atoms with Crippen molar-refractivity contribution in [3.05, 3.63) is 20.8 Å². The van der Waals surface area contributed by atoms with Gasteiger partial charge >= 0.3 is 0 Å². The zero-order valence-electron chi connectivity index (χ0n) is 6.38. The number of aliphatic hydroxyl groups excluding tert-OH is 1. The first-order chi connectivity index (χ1) is 5.22. The lowest BCUT2D eigenvalue weighted by atomic mass is 10.2. The standard InChI is InChI=1S/C8H11BrOS/c1-2-6(10)5-7-3-4-8(9)11-7/h3-4,6,10H,2,5H2,1H3. The van der Waals surface area contributed by atoms with Crippen LogP contribution in [0.3, 0.4) is 0 Å². The molecule has 3 heteroatoms. The van der Waals surface area contributed by atoms with E-state index in [-0.39, 0.29) is 6.10 Å². The molecule has 1 aromatic rings. The summed E-state index contributed by atoms with van der Waals surface area (Å²) >= 11 is 5.07. The normalized spacial score (nSPS) is 13.4. The second-order valence-corrected chi connectivity index (χ2v) is 5.02. The summed E-state index contributed by atoms with van der Waals surface area (Å²) < 4.78 is 1.14. The number of aliphatic hydroxyl groups is 1. The molecule has 0 aromatic carbocycles. The monoisotopic (exact) mass is 234 g/mol. The summed E-state index contributed by atoms with van der Waals surface area (Å²) in [5.41, 5.74) is 0. The van der Waals surface area contributed by atoms with Crippen molar-refractivity contribution in [2.45, 2.75) is 25.9 Å². The van der Waals surface area contributed by atoms with Crippen LogP contribution in [0.15, 0.2) is 15.9 Å². The molecule has 1 unspecified atom stereocenters. The van der Waals surface area contributed by atoms with Gasteiger partial charge in [-0.25, -0.2) is 0 Å². The third kappa shape index (κ3) is 2.93. The molecule has 0 spiro atoms. The maximum atomic E-state index is 9.31. The van der Waals surface area contributed by atoms with Crippen molar-refractivity contribution in [2.24, 2.45) is 0 Å². The molecule has 0 bridgehead atoms. The average Bonchev–Trinajstić information content (AvgIpc) is 2.35. The molecular weight excluding hydrogens is 224 g/mol. The first-order valence-electron chi connectivity index (χ1n) is 3.64. The van der Waals surface area contributed by atoms with E-state index >= 15 is 0 Å². The van der Waals surface area contributed by atoms with Crippen molar-refractivity contribution >= 4 is 27.3 Å². The molecule has 11 heavy (non-hydrogen) atoms. The van der Waals surface area contributed by atoms with Crippen LogP contribution in [0, 0.1) is 0 Å². The van der Waals surface area contributed by atoms with Gasteiger partial charge in [-0.05, 0) is 34.5 Å². The molecule has 0 fully saturated rings. The molecule has 0 saturated carbocycles. The molecule has 62 valence electrons. The number of halogens is 1. The Morgan fingerprint density at radius 1 is 1.64 bits per heavy atom. The van der Waals surface area contributed by atoms with E-state index in [2.05, 4.69) is 15.9 Å².